The average molecular weight is 186 g/mol. The second-order valence-electron chi connectivity index (χ2n) is 4.43. The number of nitrogens with zero attached hydrogens (tertiary/aromatic N) is 1. The van der Waals surface area contributed by atoms with E-state index in [2.05, 4.69) is 0 Å². The van der Waals surface area contributed by atoms with Gasteiger partial charge in [0.2, 0.25) is 5.91 Å². The lowest BCUT2D eigenvalue weighted by molar-refractivity contribution is -0.140. The molecule has 3 heteroatoms. The third kappa shape index (κ3) is 3.35. The first-order chi connectivity index (χ1) is 5.83. The van der Waals surface area contributed by atoms with Crippen molar-refractivity contribution in [1.29, 1.82) is 0 Å². The van der Waals surface area contributed by atoms with Crippen molar-refractivity contribution in [3.05, 3.63) is 0 Å². The molecule has 0 aliphatic carbocycles. The molecular formula is C10H22N2O. The summed E-state index contributed by atoms with van der Waals surface area (Å²) in [6.07, 6.45) is 0.739. The van der Waals surface area contributed by atoms with Crippen LogP contribution in [0.1, 0.15) is 34.1 Å². The Hall–Kier alpha value is -0.570. The fourth-order valence-electron chi connectivity index (χ4n) is 1.18. The Morgan fingerprint density at radius 2 is 1.92 bits per heavy atom. The first kappa shape index (κ1) is 12.4. The molecule has 0 saturated carbocycles. The molecule has 0 aromatic rings. The van der Waals surface area contributed by atoms with Crippen LogP contribution in [0.3, 0.4) is 0 Å². The summed E-state index contributed by atoms with van der Waals surface area (Å²) in [6.45, 7) is 8.47. The Labute approximate surface area is 81.3 Å². The monoisotopic (exact) mass is 186 g/mol. The summed E-state index contributed by atoms with van der Waals surface area (Å²) in [6, 6.07) is 0.254. The highest BCUT2D eigenvalue weighted by Gasteiger charge is 2.30. The lowest BCUT2D eigenvalue weighted by Gasteiger charge is -2.31. The molecule has 0 aromatic carbocycles. The summed E-state index contributed by atoms with van der Waals surface area (Å²) in [5.41, 5.74) is 5.13. The van der Waals surface area contributed by atoms with Crippen LogP contribution in [-0.4, -0.2) is 30.4 Å². The third-order valence-corrected chi connectivity index (χ3v) is 2.44. The number of hydrogen-bond acceptors (Lipinski definition) is 2. The lowest BCUT2D eigenvalue weighted by Crippen LogP contribution is -2.42. The van der Waals surface area contributed by atoms with Crippen LogP contribution in [0.4, 0.5) is 0 Å². The van der Waals surface area contributed by atoms with Crippen LogP contribution in [0.15, 0.2) is 0 Å². The van der Waals surface area contributed by atoms with Gasteiger partial charge >= 0.3 is 0 Å². The molecule has 0 fully saturated rings. The molecule has 3 nitrogen and oxygen atoms in total. The van der Waals surface area contributed by atoms with E-state index in [1.807, 2.05) is 34.7 Å². The predicted octanol–water partition coefficient (Wildman–Crippen LogP) is 1.23. The van der Waals surface area contributed by atoms with Gasteiger partial charge in [-0.15, -0.1) is 0 Å². The van der Waals surface area contributed by atoms with E-state index in [0.29, 0.717) is 6.54 Å². The Morgan fingerprint density at radius 3 is 2.23 bits per heavy atom. The minimum Gasteiger partial charge on any atom is -0.343 e. The SMILES string of the molecule is CC(C)N(C)C(=O)C(C)(C)CCN. The maximum atomic E-state index is 11.9. The Morgan fingerprint density at radius 1 is 1.46 bits per heavy atom. The quantitative estimate of drug-likeness (QED) is 0.717. The normalized spacial score (nSPS) is 11.9. The molecular weight excluding hydrogens is 164 g/mol. The minimum atomic E-state index is -0.326. The summed E-state index contributed by atoms with van der Waals surface area (Å²) in [7, 11) is 1.84. The third-order valence-electron chi connectivity index (χ3n) is 2.44. The summed E-state index contributed by atoms with van der Waals surface area (Å²) in [4.78, 5) is 13.6. The van der Waals surface area contributed by atoms with Crippen LogP contribution in [0.2, 0.25) is 0 Å². The van der Waals surface area contributed by atoms with E-state index in [4.69, 9.17) is 5.73 Å². The zero-order chi connectivity index (χ0) is 10.6. The van der Waals surface area contributed by atoms with E-state index in [1.165, 1.54) is 0 Å². The number of hydrogen-bond donors (Lipinski definition) is 1. The van der Waals surface area contributed by atoms with Crippen LogP contribution in [0, 0.1) is 5.41 Å². The summed E-state index contributed by atoms with van der Waals surface area (Å²) in [5.74, 6) is 0.174. The van der Waals surface area contributed by atoms with Crippen LogP contribution in [0.5, 0.6) is 0 Å². The second-order valence-corrected chi connectivity index (χ2v) is 4.43. The van der Waals surface area contributed by atoms with E-state index in [-0.39, 0.29) is 17.4 Å². The summed E-state index contributed by atoms with van der Waals surface area (Å²) < 4.78 is 0. The number of rotatable bonds is 4. The molecule has 0 aromatic heterocycles. The fourth-order valence-corrected chi connectivity index (χ4v) is 1.18. The van der Waals surface area contributed by atoms with Gasteiger partial charge in [-0.05, 0) is 26.8 Å². The standard InChI is InChI=1S/C10H22N2O/c1-8(2)12(5)9(13)10(3,4)6-7-11/h8H,6-7,11H2,1-5H3. The molecule has 0 spiro atoms. The van der Waals surface area contributed by atoms with E-state index in [9.17, 15) is 4.79 Å². The highest BCUT2D eigenvalue weighted by Crippen LogP contribution is 2.22. The molecule has 2 N–H and O–H groups in total. The van der Waals surface area contributed by atoms with Gasteiger partial charge in [-0.2, -0.15) is 0 Å². The predicted molar refractivity (Wildman–Crippen MR) is 55.4 cm³/mol. The molecule has 1 amide bonds. The van der Waals surface area contributed by atoms with Gasteiger partial charge in [0.15, 0.2) is 0 Å². The van der Waals surface area contributed by atoms with Gasteiger partial charge < -0.3 is 10.6 Å². The van der Waals surface area contributed by atoms with Crippen LogP contribution < -0.4 is 5.73 Å². The molecule has 0 atom stereocenters. The lowest BCUT2D eigenvalue weighted by atomic mass is 9.87. The molecule has 0 rings (SSSR count). The molecule has 0 radical (unpaired) electrons. The van der Waals surface area contributed by atoms with Crippen molar-refractivity contribution in [2.45, 2.75) is 40.2 Å². The van der Waals surface area contributed by atoms with Crippen molar-refractivity contribution in [2.24, 2.45) is 11.1 Å². The van der Waals surface area contributed by atoms with Gasteiger partial charge in [-0.3, -0.25) is 4.79 Å². The van der Waals surface area contributed by atoms with Gasteiger partial charge in [0, 0.05) is 18.5 Å². The highest BCUT2D eigenvalue weighted by atomic mass is 16.2. The van der Waals surface area contributed by atoms with Crippen molar-refractivity contribution in [3.8, 4) is 0 Å². The molecule has 78 valence electrons. The van der Waals surface area contributed by atoms with Gasteiger partial charge in [0.05, 0.1) is 0 Å². The molecule has 0 saturated heterocycles. The largest absolute Gasteiger partial charge is 0.343 e. The number of carbonyl (C=O) groups is 1. The van der Waals surface area contributed by atoms with Gasteiger partial charge in [0.1, 0.15) is 0 Å². The number of carbonyl (C=O) groups excluding carboxylic acids is 1. The van der Waals surface area contributed by atoms with Gasteiger partial charge in [0.25, 0.3) is 0 Å². The molecule has 0 heterocycles. The minimum absolute atomic E-state index is 0.174. The topological polar surface area (TPSA) is 46.3 Å². The van der Waals surface area contributed by atoms with Gasteiger partial charge in [-0.1, -0.05) is 13.8 Å². The van der Waals surface area contributed by atoms with Crippen LogP contribution in [-0.2, 0) is 4.79 Å². The zero-order valence-electron chi connectivity index (χ0n) is 9.42. The number of nitrogens with two attached hydrogens (primary N) is 1. The van der Waals surface area contributed by atoms with Crippen molar-refractivity contribution in [2.75, 3.05) is 13.6 Å². The van der Waals surface area contributed by atoms with E-state index in [0.717, 1.165) is 6.42 Å². The van der Waals surface area contributed by atoms with Crippen LogP contribution >= 0.6 is 0 Å². The van der Waals surface area contributed by atoms with Crippen molar-refractivity contribution in [1.82, 2.24) is 4.90 Å². The fraction of sp³-hybridized carbons (Fsp3) is 0.900. The summed E-state index contributed by atoms with van der Waals surface area (Å²) >= 11 is 0. The smallest absolute Gasteiger partial charge is 0.228 e. The molecule has 0 aliphatic rings. The van der Waals surface area contributed by atoms with Crippen molar-refractivity contribution in [3.63, 3.8) is 0 Å². The first-order valence-electron chi connectivity index (χ1n) is 4.80. The Balaban J connectivity index is 4.39. The van der Waals surface area contributed by atoms with E-state index < -0.39 is 0 Å². The molecule has 13 heavy (non-hydrogen) atoms. The van der Waals surface area contributed by atoms with Crippen LogP contribution in [0.25, 0.3) is 0 Å². The number of amides is 1. The molecule has 0 aliphatic heterocycles. The maximum absolute atomic E-state index is 11.9. The average Bonchev–Trinajstić information content (AvgIpc) is 2.01. The zero-order valence-corrected chi connectivity index (χ0v) is 9.42. The van der Waals surface area contributed by atoms with Gasteiger partial charge in [-0.25, -0.2) is 0 Å². The Bertz CT molecular complexity index is 176. The Kier molecular flexibility index (Phi) is 4.40. The van der Waals surface area contributed by atoms with E-state index in [1.54, 1.807) is 4.90 Å². The second kappa shape index (κ2) is 4.61. The molecule has 0 bridgehead atoms. The summed E-state index contributed by atoms with van der Waals surface area (Å²) in [5, 5.41) is 0. The van der Waals surface area contributed by atoms with E-state index >= 15 is 0 Å². The first-order valence-corrected chi connectivity index (χ1v) is 4.80. The highest BCUT2D eigenvalue weighted by molar-refractivity contribution is 5.81. The molecule has 0 unspecified atom stereocenters. The van der Waals surface area contributed by atoms with Crippen molar-refractivity contribution < 1.29 is 4.79 Å². The van der Waals surface area contributed by atoms with Crippen molar-refractivity contribution >= 4 is 5.91 Å². The maximum Gasteiger partial charge on any atom is 0.228 e.